The largest absolute Gasteiger partial charge is 0.360 e. The molecule has 2 aromatic carbocycles. The van der Waals surface area contributed by atoms with Gasteiger partial charge in [0.15, 0.2) is 0 Å². The molecule has 0 atom stereocenters. The summed E-state index contributed by atoms with van der Waals surface area (Å²) >= 11 is 1.35. The lowest BCUT2D eigenvalue weighted by molar-refractivity contribution is -0.384. The highest BCUT2D eigenvalue weighted by Crippen LogP contribution is 2.27. The summed E-state index contributed by atoms with van der Waals surface area (Å²) < 4.78 is 0. The molecule has 0 bridgehead atoms. The van der Waals surface area contributed by atoms with E-state index in [1.165, 1.54) is 23.5 Å². The Kier molecular flexibility index (Phi) is 5.06. The van der Waals surface area contributed by atoms with Crippen LogP contribution in [-0.4, -0.2) is 9.91 Å². The van der Waals surface area contributed by atoms with Crippen LogP contribution in [0.15, 0.2) is 60.1 Å². The van der Waals surface area contributed by atoms with Crippen molar-refractivity contribution < 1.29 is 4.92 Å². The summed E-state index contributed by atoms with van der Waals surface area (Å²) in [5.41, 5.74) is 3.90. The number of hydrogen-bond acceptors (Lipinski definition) is 6. The van der Waals surface area contributed by atoms with Crippen LogP contribution in [0, 0.1) is 28.4 Å². The molecule has 0 aliphatic rings. The van der Waals surface area contributed by atoms with Gasteiger partial charge in [0.25, 0.3) is 5.69 Å². The van der Waals surface area contributed by atoms with Crippen molar-refractivity contribution in [2.75, 3.05) is 5.32 Å². The van der Waals surface area contributed by atoms with Crippen LogP contribution >= 0.6 is 11.3 Å². The van der Waals surface area contributed by atoms with Gasteiger partial charge in [-0.3, -0.25) is 10.1 Å². The van der Waals surface area contributed by atoms with E-state index in [9.17, 15) is 15.4 Å². The maximum absolute atomic E-state index is 10.7. The van der Waals surface area contributed by atoms with Gasteiger partial charge in [-0.25, -0.2) is 4.98 Å². The Bertz CT molecular complexity index is 1020. The number of hydrogen-bond donors (Lipinski definition) is 1. The van der Waals surface area contributed by atoms with Gasteiger partial charge in [-0.2, -0.15) is 5.26 Å². The third-order valence-electron chi connectivity index (χ3n) is 3.75. The van der Waals surface area contributed by atoms with Crippen molar-refractivity contribution in [3.8, 4) is 17.3 Å². The maximum atomic E-state index is 10.7. The molecule has 1 aromatic heterocycles. The lowest BCUT2D eigenvalue weighted by Crippen LogP contribution is -1.93. The number of nitro benzene ring substituents is 1. The monoisotopic (exact) mass is 362 g/mol. The first-order valence-corrected chi connectivity index (χ1v) is 8.59. The van der Waals surface area contributed by atoms with Gasteiger partial charge in [0, 0.05) is 35.0 Å². The SMILES string of the molecule is Cc1ccccc1N/C=C(\C#N)c1nc(-c2ccc([N+](=O)[O-])cc2)cs1. The van der Waals surface area contributed by atoms with Crippen molar-refractivity contribution in [1.29, 1.82) is 5.26 Å². The summed E-state index contributed by atoms with van der Waals surface area (Å²) in [6, 6.07) is 16.1. The molecule has 0 saturated heterocycles. The molecule has 3 rings (SSSR count). The molecule has 1 heterocycles. The number of nitrogens with zero attached hydrogens (tertiary/aromatic N) is 3. The molecule has 0 aliphatic heterocycles. The van der Waals surface area contributed by atoms with Crippen LogP contribution in [0.2, 0.25) is 0 Å². The van der Waals surface area contributed by atoms with Gasteiger partial charge >= 0.3 is 0 Å². The molecule has 3 aromatic rings. The van der Waals surface area contributed by atoms with Crippen LogP contribution in [-0.2, 0) is 0 Å². The number of para-hydroxylation sites is 1. The molecule has 0 amide bonds. The van der Waals surface area contributed by atoms with Crippen LogP contribution in [0.4, 0.5) is 11.4 Å². The summed E-state index contributed by atoms with van der Waals surface area (Å²) in [5.74, 6) is 0. The first kappa shape index (κ1) is 17.3. The fraction of sp³-hybridized carbons (Fsp3) is 0.0526. The second kappa shape index (κ2) is 7.59. The van der Waals surface area contributed by atoms with E-state index in [0.29, 0.717) is 16.3 Å². The molecule has 0 saturated carbocycles. The Hall–Kier alpha value is -3.50. The zero-order valence-electron chi connectivity index (χ0n) is 13.8. The molecule has 0 fully saturated rings. The van der Waals surface area contributed by atoms with Crippen LogP contribution < -0.4 is 5.32 Å². The normalized spacial score (nSPS) is 11.0. The zero-order valence-corrected chi connectivity index (χ0v) is 14.7. The fourth-order valence-electron chi connectivity index (χ4n) is 2.31. The first-order valence-electron chi connectivity index (χ1n) is 7.71. The molecule has 0 aliphatic carbocycles. The van der Waals surface area contributed by atoms with Gasteiger partial charge in [0.2, 0.25) is 0 Å². The maximum Gasteiger partial charge on any atom is 0.269 e. The van der Waals surface area contributed by atoms with Gasteiger partial charge < -0.3 is 5.32 Å². The molecule has 7 heteroatoms. The number of aromatic nitrogens is 1. The Morgan fingerprint density at radius 1 is 1.27 bits per heavy atom. The van der Waals surface area contributed by atoms with Crippen LogP contribution in [0.25, 0.3) is 16.8 Å². The third-order valence-corrected chi connectivity index (χ3v) is 4.62. The average molecular weight is 362 g/mol. The quantitative estimate of drug-likeness (QED) is 0.391. The Balaban J connectivity index is 1.83. The van der Waals surface area contributed by atoms with Gasteiger partial charge in [0.1, 0.15) is 16.6 Å². The van der Waals surface area contributed by atoms with E-state index in [1.54, 1.807) is 18.3 Å². The van der Waals surface area contributed by atoms with Crippen molar-refractivity contribution >= 4 is 28.3 Å². The number of rotatable bonds is 5. The highest BCUT2D eigenvalue weighted by molar-refractivity contribution is 7.11. The van der Waals surface area contributed by atoms with E-state index in [0.717, 1.165) is 16.8 Å². The lowest BCUT2D eigenvalue weighted by Gasteiger charge is -2.04. The van der Waals surface area contributed by atoms with E-state index in [2.05, 4.69) is 16.4 Å². The smallest absolute Gasteiger partial charge is 0.269 e. The number of benzene rings is 2. The molecule has 0 radical (unpaired) electrons. The summed E-state index contributed by atoms with van der Waals surface area (Å²) in [6.07, 6.45) is 1.64. The molecular weight excluding hydrogens is 348 g/mol. The van der Waals surface area contributed by atoms with Crippen LogP contribution in [0.3, 0.4) is 0 Å². The van der Waals surface area contributed by atoms with Crippen molar-refractivity contribution in [3.63, 3.8) is 0 Å². The number of nitro groups is 1. The Labute approximate surface area is 154 Å². The number of thiazole rings is 1. The summed E-state index contributed by atoms with van der Waals surface area (Å²) in [4.78, 5) is 14.8. The lowest BCUT2D eigenvalue weighted by atomic mass is 10.1. The highest BCUT2D eigenvalue weighted by Gasteiger charge is 2.11. The highest BCUT2D eigenvalue weighted by atomic mass is 32.1. The minimum atomic E-state index is -0.440. The average Bonchev–Trinajstić information content (AvgIpc) is 3.14. The van der Waals surface area contributed by atoms with Gasteiger partial charge in [0.05, 0.1) is 10.6 Å². The number of anilines is 1. The number of nitrogens with one attached hydrogen (secondary N) is 1. The third kappa shape index (κ3) is 3.77. The van der Waals surface area contributed by atoms with E-state index < -0.39 is 4.92 Å². The number of aryl methyl sites for hydroxylation is 1. The van der Waals surface area contributed by atoms with Crippen molar-refractivity contribution in [3.05, 3.63) is 80.8 Å². The minimum absolute atomic E-state index is 0.0317. The Morgan fingerprint density at radius 2 is 2.00 bits per heavy atom. The number of allylic oxidation sites excluding steroid dienone is 1. The second-order valence-corrected chi connectivity index (χ2v) is 6.33. The molecule has 0 spiro atoms. The second-order valence-electron chi connectivity index (χ2n) is 5.47. The van der Waals surface area contributed by atoms with Crippen molar-refractivity contribution in [1.82, 2.24) is 4.98 Å². The summed E-state index contributed by atoms with van der Waals surface area (Å²) in [6.45, 7) is 1.98. The van der Waals surface area contributed by atoms with Crippen molar-refractivity contribution in [2.24, 2.45) is 0 Å². The summed E-state index contributed by atoms with van der Waals surface area (Å²) in [7, 11) is 0. The standard InChI is InChI=1S/C19H14N4O2S/c1-13-4-2-3-5-17(13)21-11-15(10-20)19-22-18(12-26-19)14-6-8-16(9-7-14)23(24)25/h2-9,11-12,21H,1H3/b15-11+. The molecular formula is C19H14N4O2S. The molecule has 1 N–H and O–H groups in total. The van der Waals surface area contributed by atoms with Crippen LogP contribution in [0.1, 0.15) is 10.6 Å². The molecule has 26 heavy (non-hydrogen) atoms. The minimum Gasteiger partial charge on any atom is -0.360 e. The number of non-ortho nitro benzene ring substituents is 1. The van der Waals surface area contributed by atoms with E-state index in [4.69, 9.17) is 0 Å². The van der Waals surface area contributed by atoms with Crippen molar-refractivity contribution in [2.45, 2.75) is 6.92 Å². The summed E-state index contributed by atoms with van der Waals surface area (Å²) in [5, 5.41) is 25.7. The van der Waals surface area contributed by atoms with Gasteiger partial charge in [-0.15, -0.1) is 11.3 Å². The predicted octanol–water partition coefficient (Wildman–Crippen LogP) is 5.00. The predicted molar refractivity (Wildman–Crippen MR) is 103 cm³/mol. The fourth-order valence-corrected chi connectivity index (χ4v) is 3.11. The first-order chi connectivity index (χ1) is 12.6. The Morgan fingerprint density at radius 3 is 2.65 bits per heavy atom. The van der Waals surface area contributed by atoms with E-state index in [1.807, 2.05) is 36.6 Å². The van der Waals surface area contributed by atoms with E-state index >= 15 is 0 Å². The molecule has 6 nitrogen and oxygen atoms in total. The molecule has 128 valence electrons. The van der Waals surface area contributed by atoms with E-state index in [-0.39, 0.29) is 5.69 Å². The topological polar surface area (TPSA) is 91.8 Å². The zero-order chi connectivity index (χ0) is 18.5. The van der Waals surface area contributed by atoms with Gasteiger partial charge in [-0.1, -0.05) is 18.2 Å². The van der Waals surface area contributed by atoms with Crippen LogP contribution in [0.5, 0.6) is 0 Å². The number of nitriles is 1. The van der Waals surface area contributed by atoms with Gasteiger partial charge in [-0.05, 0) is 30.7 Å². The molecule has 0 unspecified atom stereocenters.